The standard InChI is InChI=1S/C10H5F3N2O4.C10H6F3NO2/c11-10(12,13)4-1-2-5-6(3-4)14-9(17)7(8(5)16)15(18)19;11-10(12,13)5-1-2-6-7(3-5)14-9(16)4-8(6)15/h1-3H,(H2,14,16,17);1-4H,(H2,14,15,16). The fourth-order valence-electron chi connectivity index (χ4n) is 3.03. The minimum atomic E-state index is -4.62. The summed E-state index contributed by atoms with van der Waals surface area (Å²) >= 11 is 0. The Labute approximate surface area is 188 Å². The Kier molecular flexibility index (Phi) is 6.20. The van der Waals surface area contributed by atoms with E-state index < -0.39 is 51.0 Å². The van der Waals surface area contributed by atoms with Gasteiger partial charge in [0.2, 0.25) is 5.75 Å². The number of halogens is 6. The smallest absolute Gasteiger partial charge is 0.416 e. The average molecular weight is 503 g/mol. The van der Waals surface area contributed by atoms with E-state index >= 15 is 0 Å². The van der Waals surface area contributed by atoms with Crippen molar-refractivity contribution >= 4 is 27.5 Å². The first-order chi connectivity index (χ1) is 16.1. The molecule has 0 radical (unpaired) electrons. The number of aromatic amines is 2. The molecule has 0 fully saturated rings. The van der Waals surface area contributed by atoms with Crippen LogP contribution in [0.4, 0.5) is 32.0 Å². The van der Waals surface area contributed by atoms with E-state index in [9.17, 15) is 56.3 Å². The molecule has 0 amide bonds. The second-order valence-electron chi connectivity index (χ2n) is 6.94. The third-order valence-electron chi connectivity index (χ3n) is 4.62. The van der Waals surface area contributed by atoms with Crippen molar-refractivity contribution in [2.45, 2.75) is 12.4 Å². The van der Waals surface area contributed by atoms with E-state index in [0.717, 1.165) is 30.3 Å². The van der Waals surface area contributed by atoms with Gasteiger partial charge in [-0.15, -0.1) is 0 Å². The van der Waals surface area contributed by atoms with Gasteiger partial charge in [0.25, 0.3) is 5.56 Å². The lowest BCUT2D eigenvalue weighted by atomic mass is 10.1. The molecule has 4 rings (SSSR count). The molecule has 0 unspecified atom stereocenters. The molecule has 2 aromatic carbocycles. The summed E-state index contributed by atoms with van der Waals surface area (Å²) in [4.78, 5) is 35.9. The second-order valence-corrected chi connectivity index (χ2v) is 6.94. The molecule has 0 spiro atoms. The monoisotopic (exact) mass is 503 g/mol. The Morgan fingerprint density at radius 1 is 0.771 bits per heavy atom. The molecule has 184 valence electrons. The Bertz CT molecular complexity index is 1570. The largest absolute Gasteiger partial charge is 0.507 e. The van der Waals surface area contributed by atoms with E-state index in [1.54, 1.807) is 0 Å². The normalized spacial score (nSPS) is 11.8. The van der Waals surface area contributed by atoms with Crippen LogP contribution in [0, 0.1) is 10.1 Å². The number of hydrogen-bond donors (Lipinski definition) is 4. The van der Waals surface area contributed by atoms with Crippen LogP contribution < -0.4 is 11.1 Å². The SMILES string of the molecule is O=c1[nH]c2cc(C(F)(F)F)ccc2c(O)c1[N+](=O)[O-].O=c1cc(O)c2ccc(C(F)(F)F)cc2[nH]1. The third kappa shape index (κ3) is 5.18. The van der Waals surface area contributed by atoms with Crippen LogP contribution in [0.2, 0.25) is 0 Å². The van der Waals surface area contributed by atoms with Gasteiger partial charge in [-0.3, -0.25) is 19.7 Å². The summed E-state index contributed by atoms with van der Waals surface area (Å²) in [5.41, 5.74) is -5.31. The Morgan fingerprint density at radius 2 is 1.26 bits per heavy atom. The fraction of sp³-hybridized carbons (Fsp3) is 0.100. The van der Waals surface area contributed by atoms with Crippen LogP contribution in [0.3, 0.4) is 0 Å². The molecule has 0 aliphatic rings. The lowest BCUT2D eigenvalue weighted by Gasteiger charge is -2.08. The van der Waals surface area contributed by atoms with Crippen LogP contribution in [0.1, 0.15) is 11.1 Å². The number of alkyl halides is 6. The molecule has 0 aliphatic carbocycles. The maximum atomic E-state index is 12.5. The Morgan fingerprint density at radius 3 is 1.74 bits per heavy atom. The van der Waals surface area contributed by atoms with E-state index in [-0.39, 0.29) is 27.6 Å². The highest BCUT2D eigenvalue weighted by atomic mass is 19.4. The molecule has 15 heteroatoms. The highest BCUT2D eigenvalue weighted by Crippen LogP contribution is 2.35. The summed E-state index contributed by atoms with van der Waals surface area (Å²) in [6.07, 6.45) is -9.10. The van der Waals surface area contributed by atoms with Crippen molar-refractivity contribution in [2.24, 2.45) is 0 Å². The van der Waals surface area contributed by atoms with Crippen molar-refractivity contribution in [3.8, 4) is 11.5 Å². The molecule has 4 aromatic rings. The Balaban J connectivity index is 0.000000198. The van der Waals surface area contributed by atoms with Crippen molar-refractivity contribution < 1.29 is 41.5 Å². The number of rotatable bonds is 1. The zero-order chi connectivity index (χ0) is 26.3. The number of H-pyrrole nitrogens is 2. The maximum Gasteiger partial charge on any atom is 0.416 e. The molecule has 9 nitrogen and oxygen atoms in total. The lowest BCUT2D eigenvalue weighted by Crippen LogP contribution is -2.12. The number of pyridine rings is 2. The molecular formula is C20H11F6N3O6. The number of nitro groups is 1. The minimum Gasteiger partial charge on any atom is -0.507 e. The van der Waals surface area contributed by atoms with Crippen LogP contribution >= 0.6 is 0 Å². The van der Waals surface area contributed by atoms with Gasteiger partial charge in [-0.2, -0.15) is 26.3 Å². The van der Waals surface area contributed by atoms with Crippen molar-refractivity contribution in [1.82, 2.24) is 9.97 Å². The minimum absolute atomic E-state index is 0.0418. The second kappa shape index (κ2) is 8.66. The van der Waals surface area contributed by atoms with E-state index in [0.29, 0.717) is 12.1 Å². The predicted molar refractivity (Wildman–Crippen MR) is 109 cm³/mol. The zero-order valence-corrected chi connectivity index (χ0v) is 16.8. The molecule has 4 N–H and O–H groups in total. The van der Waals surface area contributed by atoms with Gasteiger partial charge in [-0.05, 0) is 36.4 Å². The van der Waals surface area contributed by atoms with E-state index in [1.165, 1.54) is 0 Å². The topological polar surface area (TPSA) is 149 Å². The quantitative estimate of drug-likeness (QED) is 0.172. The third-order valence-corrected chi connectivity index (χ3v) is 4.62. The zero-order valence-electron chi connectivity index (χ0n) is 16.8. The summed E-state index contributed by atoms with van der Waals surface area (Å²) in [5, 5.41) is 29.4. The molecule has 0 atom stereocenters. The Hall–Kier alpha value is -4.56. The number of nitrogens with zero attached hydrogens (tertiary/aromatic N) is 1. The van der Waals surface area contributed by atoms with Gasteiger partial charge < -0.3 is 20.2 Å². The number of aromatic nitrogens is 2. The van der Waals surface area contributed by atoms with E-state index in [1.807, 2.05) is 4.98 Å². The molecule has 0 bridgehead atoms. The summed E-state index contributed by atoms with van der Waals surface area (Å²) in [5.74, 6) is -1.30. The van der Waals surface area contributed by atoms with Gasteiger partial charge in [-0.25, -0.2) is 0 Å². The number of fused-ring (bicyclic) bond motifs is 2. The van der Waals surface area contributed by atoms with E-state index in [2.05, 4.69) is 4.98 Å². The van der Waals surface area contributed by atoms with Crippen LogP contribution in [0.5, 0.6) is 11.5 Å². The highest BCUT2D eigenvalue weighted by molar-refractivity contribution is 5.88. The summed E-state index contributed by atoms with van der Waals surface area (Å²) in [6, 6.07) is 5.77. The maximum absolute atomic E-state index is 12.5. The van der Waals surface area contributed by atoms with Crippen LogP contribution in [-0.4, -0.2) is 25.1 Å². The molecule has 2 aromatic heterocycles. The van der Waals surface area contributed by atoms with Crippen molar-refractivity contribution in [3.05, 3.63) is 84.4 Å². The van der Waals surface area contributed by atoms with Crippen LogP contribution in [-0.2, 0) is 12.4 Å². The van der Waals surface area contributed by atoms with Crippen molar-refractivity contribution in [2.75, 3.05) is 0 Å². The lowest BCUT2D eigenvalue weighted by molar-refractivity contribution is -0.387. The first-order valence-corrected chi connectivity index (χ1v) is 9.13. The van der Waals surface area contributed by atoms with Crippen LogP contribution in [0.15, 0.2) is 52.1 Å². The highest BCUT2D eigenvalue weighted by Gasteiger charge is 2.32. The van der Waals surface area contributed by atoms with Gasteiger partial charge in [0.1, 0.15) is 5.75 Å². The number of nitrogens with one attached hydrogen (secondary N) is 2. The first-order valence-electron chi connectivity index (χ1n) is 9.13. The van der Waals surface area contributed by atoms with Gasteiger partial charge in [0.15, 0.2) is 0 Å². The number of aromatic hydroxyl groups is 2. The molecule has 0 saturated heterocycles. The van der Waals surface area contributed by atoms with Gasteiger partial charge in [-0.1, -0.05) is 0 Å². The van der Waals surface area contributed by atoms with Gasteiger partial charge in [0, 0.05) is 16.8 Å². The van der Waals surface area contributed by atoms with E-state index in [4.69, 9.17) is 0 Å². The summed E-state index contributed by atoms with van der Waals surface area (Å²) in [6.45, 7) is 0. The summed E-state index contributed by atoms with van der Waals surface area (Å²) in [7, 11) is 0. The molecule has 0 aliphatic heterocycles. The van der Waals surface area contributed by atoms with Crippen molar-refractivity contribution in [3.63, 3.8) is 0 Å². The van der Waals surface area contributed by atoms with Gasteiger partial charge >= 0.3 is 23.6 Å². The van der Waals surface area contributed by atoms with Crippen LogP contribution in [0.25, 0.3) is 21.8 Å². The fourth-order valence-corrected chi connectivity index (χ4v) is 3.03. The predicted octanol–water partition coefficient (Wildman–Crippen LogP) is 4.41. The van der Waals surface area contributed by atoms with Gasteiger partial charge in [0.05, 0.1) is 27.1 Å². The molecule has 35 heavy (non-hydrogen) atoms. The molecule has 0 saturated carbocycles. The first kappa shape index (κ1) is 25.1. The number of hydrogen-bond acceptors (Lipinski definition) is 6. The van der Waals surface area contributed by atoms with Crippen molar-refractivity contribution in [1.29, 1.82) is 0 Å². The number of benzene rings is 2. The molecular weight excluding hydrogens is 492 g/mol. The summed E-state index contributed by atoms with van der Waals surface area (Å²) < 4.78 is 74.5. The average Bonchev–Trinajstić information content (AvgIpc) is 2.71. The molecule has 2 heterocycles.